The summed E-state index contributed by atoms with van der Waals surface area (Å²) in [6, 6.07) is 1.88. The van der Waals surface area contributed by atoms with Crippen LogP contribution in [0.3, 0.4) is 0 Å². The Morgan fingerprint density at radius 1 is 1.47 bits per heavy atom. The summed E-state index contributed by atoms with van der Waals surface area (Å²) >= 11 is 0. The number of aromatic hydroxyl groups is 1. The third-order valence-corrected chi connectivity index (χ3v) is 3.93. The smallest absolute Gasteiger partial charge is 0.303 e. The lowest BCUT2D eigenvalue weighted by atomic mass is 9.86. The second-order valence-corrected chi connectivity index (χ2v) is 5.32. The first-order chi connectivity index (χ1) is 8.95. The minimum absolute atomic E-state index is 0.0742. The molecule has 0 bridgehead atoms. The fourth-order valence-corrected chi connectivity index (χ4v) is 2.76. The lowest BCUT2D eigenvalue weighted by Crippen LogP contribution is -2.11. The molecule has 2 rings (SSSR count). The largest absolute Gasteiger partial charge is 0.507 e. The van der Waals surface area contributed by atoms with Gasteiger partial charge < -0.3 is 14.9 Å². The molecule has 1 atom stereocenters. The average Bonchev–Trinajstić information content (AvgIpc) is 3.16. The van der Waals surface area contributed by atoms with Crippen LogP contribution in [0.2, 0.25) is 0 Å². The minimum atomic E-state index is -0.816. The summed E-state index contributed by atoms with van der Waals surface area (Å²) in [6.07, 6.45) is 2.16. The Balaban J connectivity index is 2.47. The number of hydrogen-bond acceptors (Lipinski definition) is 3. The number of ether oxygens (including phenoxy) is 1. The van der Waals surface area contributed by atoms with Gasteiger partial charge in [0.1, 0.15) is 11.5 Å². The molecule has 0 saturated heterocycles. The molecule has 4 nitrogen and oxygen atoms in total. The molecule has 1 fully saturated rings. The lowest BCUT2D eigenvalue weighted by molar-refractivity contribution is -0.137. The number of hydrogen-bond donors (Lipinski definition) is 2. The molecule has 0 aromatic heterocycles. The van der Waals surface area contributed by atoms with Crippen molar-refractivity contribution >= 4 is 5.97 Å². The van der Waals surface area contributed by atoms with E-state index in [4.69, 9.17) is 9.84 Å². The highest BCUT2D eigenvalue weighted by atomic mass is 16.5. The van der Waals surface area contributed by atoms with Gasteiger partial charge in [0.2, 0.25) is 0 Å². The Bertz CT molecular complexity index is 503. The normalized spacial score (nSPS) is 16.2. The van der Waals surface area contributed by atoms with Crippen LogP contribution in [0.4, 0.5) is 0 Å². The van der Waals surface area contributed by atoms with E-state index in [1.807, 2.05) is 13.0 Å². The molecule has 0 aliphatic heterocycles. The number of benzene rings is 1. The summed E-state index contributed by atoms with van der Waals surface area (Å²) in [4.78, 5) is 11.0. The summed E-state index contributed by atoms with van der Waals surface area (Å²) in [6.45, 7) is 3.69. The number of phenols is 1. The van der Waals surface area contributed by atoms with Gasteiger partial charge in [-0.1, -0.05) is 0 Å². The van der Waals surface area contributed by atoms with Gasteiger partial charge in [-0.3, -0.25) is 4.79 Å². The monoisotopic (exact) mass is 264 g/mol. The predicted octanol–water partition coefficient (Wildman–Crippen LogP) is 2.99. The zero-order chi connectivity index (χ0) is 14.2. The van der Waals surface area contributed by atoms with Crippen LogP contribution in [0.5, 0.6) is 11.5 Å². The molecule has 0 radical (unpaired) electrons. The van der Waals surface area contributed by atoms with Crippen molar-refractivity contribution in [2.45, 2.75) is 39.0 Å². The molecule has 1 aliphatic carbocycles. The van der Waals surface area contributed by atoms with Crippen molar-refractivity contribution in [3.63, 3.8) is 0 Å². The SMILES string of the molecule is COc1cc(C)c(C(CC(=O)O)C2CC2)c(O)c1C. The van der Waals surface area contributed by atoms with Crippen LogP contribution in [0.1, 0.15) is 41.9 Å². The van der Waals surface area contributed by atoms with Crippen molar-refractivity contribution in [3.05, 3.63) is 22.8 Å². The maximum absolute atomic E-state index is 11.0. The molecule has 0 heterocycles. The van der Waals surface area contributed by atoms with Gasteiger partial charge in [0.25, 0.3) is 0 Å². The average molecular weight is 264 g/mol. The van der Waals surface area contributed by atoms with Crippen LogP contribution in [-0.4, -0.2) is 23.3 Å². The van der Waals surface area contributed by atoms with Gasteiger partial charge in [0, 0.05) is 17.0 Å². The third kappa shape index (κ3) is 2.67. The molecular weight excluding hydrogens is 244 g/mol. The van der Waals surface area contributed by atoms with Crippen LogP contribution >= 0.6 is 0 Å². The number of carboxylic acids is 1. The summed E-state index contributed by atoms with van der Waals surface area (Å²) in [7, 11) is 1.57. The minimum Gasteiger partial charge on any atom is -0.507 e. The van der Waals surface area contributed by atoms with E-state index in [1.54, 1.807) is 14.0 Å². The first kappa shape index (κ1) is 13.7. The van der Waals surface area contributed by atoms with Crippen LogP contribution in [-0.2, 0) is 4.79 Å². The van der Waals surface area contributed by atoms with Gasteiger partial charge >= 0.3 is 5.97 Å². The van der Waals surface area contributed by atoms with E-state index in [1.165, 1.54) is 0 Å². The fourth-order valence-electron chi connectivity index (χ4n) is 2.76. The molecule has 1 unspecified atom stereocenters. The number of carbonyl (C=O) groups is 1. The maximum atomic E-state index is 11.0. The van der Waals surface area contributed by atoms with Crippen molar-refractivity contribution in [1.29, 1.82) is 0 Å². The maximum Gasteiger partial charge on any atom is 0.303 e. The Labute approximate surface area is 113 Å². The zero-order valence-electron chi connectivity index (χ0n) is 11.6. The Morgan fingerprint density at radius 2 is 2.11 bits per heavy atom. The summed E-state index contributed by atoms with van der Waals surface area (Å²) in [5, 5.41) is 19.4. The summed E-state index contributed by atoms with van der Waals surface area (Å²) < 4.78 is 5.22. The Morgan fingerprint density at radius 3 is 2.58 bits per heavy atom. The topological polar surface area (TPSA) is 66.8 Å². The van der Waals surface area contributed by atoms with Gasteiger partial charge in [-0.05, 0) is 44.2 Å². The summed E-state index contributed by atoms with van der Waals surface area (Å²) in [5.74, 6) is 0.304. The number of aryl methyl sites for hydroxylation is 1. The fraction of sp³-hybridized carbons (Fsp3) is 0.533. The van der Waals surface area contributed by atoms with E-state index in [0.29, 0.717) is 17.2 Å². The molecule has 0 amide bonds. The van der Waals surface area contributed by atoms with Crippen molar-refractivity contribution in [2.24, 2.45) is 5.92 Å². The quantitative estimate of drug-likeness (QED) is 0.858. The van der Waals surface area contributed by atoms with Crippen molar-refractivity contribution in [2.75, 3.05) is 7.11 Å². The highest BCUT2D eigenvalue weighted by molar-refractivity contribution is 5.69. The molecule has 1 aromatic carbocycles. The van der Waals surface area contributed by atoms with E-state index in [-0.39, 0.29) is 18.1 Å². The molecular formula is C15H20O4. The van der Waals surface area contributed by atoms with Crippen molar-refractivity contribution in [1.82, 2.24) is 0 Å². The lowest BCUT2D eigenvalue weighted by Gasteiger charge is -2.21. The van der Waals surface area contributed by atoms with Gasteiger partial charge in [0.05, 0.1) is 13.5 Å². The van der Waals surface area contributed by atoms with Crippen LogP contribution in [0.15, 0.2) is 6.07 Å². The molecule has 4 heteroatoms. The van der Waals surface area contributed by atoms with Gasteiger partial charge in [-0.25, -0.2) is 0 Å². The summed E-state index contributed by atoms with van der Waals surface area (Å²) in [5.41, 5.74) is 2.36. The van der Waals surface area contributed by atoms with E-state index >= 15 is 0 Å². The molecule has 0 spiro atoms. The van der Waals surface area contributed by atoms with E-state index in [0.717, 1.165) is 24.0 Å². The molecule has 2 N–H and O–H groups in total. The molecule has 1 saturated carbocycles. The zero-order valence-corrected chi connectivity index (χ0v) is 11.6. The molecule has 19 heavy (non-hydrogen) atoms. The number of phenolic OH excluding ortho intramolecular Hbond substituents is 1. The number of rotatable bonds is 5. The highest BCUT2D eigenvalue weighted by Crippen LogP contribution is 2.49. The first-order valence-electron chi connectivity index (χ1n) is 6.54. The number of aliphatic carboxylic acids is 1. The van der Waals surface area contributed by atoms with Crippen LogP contribution in [0.25, 0.3) is 0 Å². The highest BCUT2D eigenvalue weighted by Gasteiger charge is 2.36. The second kappa shape index (κ2) is 5.11. The first-order valence-corrected chi connectivity index (χ1v) is 6.54. The molecule has 1 aliphatic rings. The van der Waals surface area contributed by atoms with Crippen molar-refractivity contribution in [3.8, 4) is 11.5 Å². The number of carboxylic acid groups (broad SMARTS) is 1. The van der Waals surface area contributed by atoms with E-state index in [9.17, 15) is 9.90 Å². The third-order valence-electron chi connectivity index (χ3n) is 3.93. The van der Waals surface area contributed by atoms with Crippen LogP contribution in [0, 0.1) is 19.8 Å². The second-order valence-electron chi connectivity index (χ2n) is 5.32. The van der Waals surface area contributed by atoms with Gasteiger partial charge in [-0.15, -0.1) is 0 Å². The van der Waals surface area contributed by atoms with E-state index < -0.39 is 5.97 Å². The molecule has 104 valence electrons. The Kier molecular flexibility index (Phi) is 3.69. The molecule has 1 aromatic rings. The van der Waals surface area contributed by atoms with Crippen LogP contribution < -0.4 is 4.74 Å². The van der Waals surface area contributed by atoms with Gasteiger partial charge in [-0.2, -0.15) is 0 Å². The van der Waals surface area contributed by atoms with Crippen molar-refractivity contribution < 1.29 is 19.7 Å². The standard InChI is InChI=1S/C15H20O4/c1-8-6-12(19-3)9(2)15(18)14(8)11(7-13(16)17)10-4-5-10/h6,10-11,18H,4-5,7H2,1-3H3,(H,16,17). The Hall–Kier alpha value is -1.71. The number of methoxy groups -OCH3 is 1. The van der Waals surface area contributed by atoms with E-state index in [2.05, 4.69) is 0 Å². The predicted molar refractivity (Wildman–Crippen MR) is 71.9 cm³/mol. The van der Waals surface area contributed by atoms with Gasteiger partial charge in [0.15, 0.2) is 0 Å².